The summed E-state index contributed by atoms with van der Waals surface area (Å²) in [6, 6.07) is 4.01. The Bertz CT molecular complexity index is 831. The molecule has 0 saturated carbocycles. The zero-order valence-electron chi connectivity index (χ0n) is 11.6. The van der Waals surface area contributed by atoms with Gasteiger partial charge < -0.3 is 5.73 Å². The van der Waals surface area contributed by atoms with Gasteiger partial charge in [-0.2, -0.15) is 0 Å². The van der Waals surface area contributed by atoms with Crippen LogP contribution in [0.2, 0.25) is 5.02 Å². The summed E-state index contributed by atoms with van der Waals surface area (Å²) in [5, 5.41) is 18.3. The minimum atomic E-state index is -0.533. The molecule has 3 aromatic rings. The number of rotatable bonds is 5. The molecule has 2 aromatic heterocycles. The molecule has 0 unspecified atom stereocenters. The van der Waals surface area contributed by atoms with Crippen molar-refractivity contribution in [2.75, 3.05) is 0 Å². The summed E-state index contributed by atoms with van der Waals surface area (Å²) in [6.07, 6.45) is 1.93. The smallest absolute Gasteiger partial charge is 0.173 e. The molecule has 0 amide bonds. The summed E-state index contributed by atoms with van der Waals surface area (Å²) < 4.78 is 19.4. The molecule has 2 N–H and O–H groups in total. The molecular formula is C12H10ClFN8O. The molecule has 11 heteroatoms. The van der Waals surface area contributed by atoms with Crippen molar-refractivity contribution < 1.29 is 9.02 Å². The predicted molar refractivity (Wildman–Crippen MR) is 77.6 cm³/mol. The van der Waals surface area contributed by atoms with Crippen molar-refractivity contribution in [3.05, 3.63) is 46.8 Å². The lowest BCUT2D eigenvalue weighted by Gasteiger charge is -2.01. The van der Waals surface area contributed by atoms with Crippen molar-refractivity contribution in [1.29, 1.82) is 0 Å². The molecule has 0 aliphatic rings. The maximum Gasteiger partial charge on any atom is 0.173 e. The molecular weight excluding hydrogens is 327 g/mol. The van der Waals surface area contributed by atoms with Gasteiger partial charge in [-0.3, -0.25) is 0 Å². The minimum Gasteiger partial charge on any atom is -0.382 e. The largest absolute Gasteiger partial charge is 0.382 e. The van der Waals surface area contributed by atoms with Crippen LogP contribution < -0.4 is 5.73 Å². The first kappa shape index (κ1) is 15.0. The van der Waals surface area contributed by atoms with E-state index in [1.165, 1.54) is 29.2 Å². The Balaban J connectivity index is 1.79. The number of amidine groups is 1. The van der Waals surface area contributed by atoms with Crippen molar-refractivity contribution in [3.8, 4) is 0 Å². The van der Waals surface area contributed by atoms with Crippen molar-refractivity contribution in [2.45, 2.75) is 13.0 Å². The molecule has 0 fully saturated rings. The normalized spacial score (nSPS) is 11.8. The van der Waals surface area contributed by atoms with E-state index in [1.807, 2.05) is 0 Å². The Morgan fingerprint density at radius 3 is 3.00 bits per heavy atom. The van der Waals surface area contributed by atoms with E-state index in [-0.39, 0.29) is 10.9 Å². The Hall–Kier alpha value is -2.88. The fourth-order valence-corrected chi connectivity index (χ4v) is 1.99. The average molecular weight is 337 g/mol. The van der Waals surface area contributed by atoms with E-state index < -0.39 is 5.82 Å². The Labute approximate surface area is 133 Å². The second kappa shape index (κ2) is 6.48. The van der Waals surface area contributed by atoms with Crippen LogP contribution in [0.5, 0.6) is 0 Å². The van der Waals surface area contributed by atoms with Gasteiger partial charge in [-0.1, -0.05) is 16.8 Å². The zero-order valence-corrected chi connectivity index (χ0v) is 12.4. The second-order valence-electron chi connectivity index (χ2n) is 4.48. The van der Waals surface area contributed by atoms with E-state index in [0.29, 0.717) is 30.0 Å². The number of hydrogen-bond donors (Lipinski definition) is 1. The predicted octanol–water partition coefficient (Wildman–Crippen LogP) is 1.13. The van der Waals surface area contributed by atoms with Crippen LogP contribution in [-0.4, -0.2) is 36.4 Å². The summed E-state index contributed by atoms with van der Waals surface area (Å²) in [5.41, 5.74) is 7.12. The lowest BCUT2D eigenvalue weighted by molar-refractivity contribution is 0.302. The van der Waals surface area contributed by atoms with E-state index in [0.717, 1.165) is 0 Å². The van der Waals surface area contributed by atoms with Gasteiger partial charge in [0.2, 0.25) is 0 Å². The van der Waals surface area contributed by atoms with Gasteiger partial charge in [0.25, 0.3) is 0 Å². The van der Waals surface area contributed by atoms with Crippen molar-refractivity contribution in [1.82, 2.24) is 30.5 Å². The molecule has 2 heterocycles. The van der Waals surface area contributed by atoms with Crippen LogP contribution in [0.15, 0.2) is 34.1 Å². The molecule has 1 aromatic carbocycles. The first-order valence-corrected chi connectivity index (χ1v) is 6.83. The molecule has 0 atom stereocenters. The third kappa shape index (κ3) is 3.48. The van der Waals surface area contributed by atoms with E-state index in [9.17, 15) is 4.39 Å². The minimum absolute atomic E-state index is 0.0452. The molecule has 0 saturated heterocycles. The van der Waals surface area contributed by atoms with Crippen LogP contribution >= 0.6 is 11.6 Å². The maximum atomic E-state index is 13.1. The monoisotopic (exact) mass is 336 g/mol. The van der Waals surface area contributed by atoms with Crippen molar-refractivity contribution >= 4 is 23.1 Å². The molecule has 118 valence electrons. The van der Waals surface area contributed by atoms with Gasteiger partial charge >= 0.3 is 0 Å². The highest BCUT2D eigenvalue weighted by Gasteiger charge is 2.14. The number of aromatic nitrogens is 6. The second-order valence-corrected chi connectivity index (χ2v) is 4.89. The zero-order chi connectivity index (χ0) is 16.2. The third-order valence-electron chi connectivity index (χ3n) is 2.92. The number of benzene rings is 1. The number of aliphatic imine (C=N–C) groups is 1. The first-order valence-electron chi connectivity index (χ1n) is 6.45. The fourth-order valence-electron chi connectivity index (χ4n) is 1.81. The summed E-state index contributed by atoms with van der Waals surface area (Å²) in [5.74, 6) is -0.449. The highest BCUT2D eigenvalue weighted by Crippen LogP contribution is 2.22. The number of hydrogen-bond acceptors (Lipinski definition) is 7. The van der Waals surface area contributed by atoms with Crippen LogP contribution in [-0.2, 0) is 13.0 Å². The lowest BCUT2D eigenvalue weighted by atomic mass is 10.2. The first-order chi connectivity index (χ1) is 11.1. The summed E-state index contributed by atoms with van der Waals surface area (Å²) in [7, 11) is 0. The summed E-state index contributed by atoms with van der Waals surface area (Å²) in [6.45, 7) is 0.476. The SMILES string of the molecule is NC(=Nc1ccc(F)c(Cl)c1)c1nonc1CCn1cnnn1. The van der Waals surface area contributed by atoms with Crippen molar-refractivity contribution in [2.24, 2.45) is 10.7 Å². The van der Waals surface area contributed by atoms with Crippen LogP contribution in [0.3, 0.4) is 0 Å². The van der Waals surface area contributed by atoms with Crippen molar-refractivity contribution in [3.63, 3.8) is 0 Å². The number of aryl methyl sites for hydroxylation is 2. The highest BCUT2D eigenvalue weighted by molar-refractivity contribution is 6.31. The third-order valence-corrected chi connectivity index (χ3v) is 3.21. The van der Waals surface area contributed by atoms with Gasteiger partial charge in [0, 0.05) is 6.42 Å². The summed E-state index contributed by atoms with van der Waals surface area (Å²) in [4.78, 5) is 4.14. The molecule has 0 aliphatic heterocycles. The molecule has 0 bridgehead atoms. The number of tetrazole rings is 1. The Morgan fingerprint density at radius 2 is 2.26 bits per heavy atom. The van der Waals surface area contributed by atoms with Gasteiger partial charge in [0.1, 0.15) is 17.8 Å². The fraction of sp³-hybridized carbons (Fsp3) is 0.167. The van der Waals surface area contributed by atoms with Crippen LogP contribution in [0, 0.1) is 5.82 Å². The number of nitrogens with two attached hydrogens (primary N) is 1. The standard InChI is InChI=1S/C12H10ClFN8O/c13-8-5-7(1-2-9(8)14)17-12(15)11-10(18-23-19-11)3-4-22-6-16-20-21-22/h1-2,5-6H,3-4H2,(H2,15,17). The van der Waals surface area contributed by atoms with Gasteiger partial charge in [-0.15, -0.1) is 5.10 Å². The van der Waals surface area contributed by atoms with E-state index in [1.54, 1.807) is 0 Å². The number of nitrogens with zero attached hydrogens (tertiary/aromatic N) is 7. The molecule has 23 heavy (non-hydrogen) atoms. The van der Waals surface area contributed by atoms with E-state index in [4.69, 9.17) is 22.0 Å². The molecule has 3 rings (SSSR count). The van der Waals surface area contributed by atoms with Crippen LogP contribution in [0.25, 0.3) is 0 Å². The average Bonchev–Trinajstić information content (AvgIpc) is 3.19. The Morgan fingerprint density at radius 1 is 1.39 bits per heavy atom. The molecule has 0 aliphatic carbocycles. The van der Waals surface area contributed by atoms with E-state index >= 15 is 0 Å². The maximum absolute atomic E-state index is 13.1. The lowest BCUT2D eigenvalue weighted by Crippen LogP contribution is -2.16. The van der Waals surface area contributed by atoms with Gasteiger partial charge in [-0.05, 0) is 33.8 Å². The van der Waals surface area contributed by atoms with E-state index in [2.05, 4.69) is 30.8 Å². The van der Waals surface area contributed by atoms with Crippen LogP contribution in [0.4, 0.5) is 10.1 Å². The Kier molecular flexibility index (Phi) is 4.24. The van der Waals surface area contributed by atoms with Gasteiger partial charge in [0.15, 0.2) is 11.5 Å². The van der Waals surface area contributed by atoms with Crippen LogP contribution in [0.1, 0.15) is 11.4 Å². The number of halogens is 2. The highest BCUT2D eigenvalue weighted by atomic mass is 35.5. The van der Waals surface area contributed by atoms with Gasteiger partial charge in [0.05, 0.1) is 17.3 Å². The quantitative estimate of drug-likeness (QED) is 0.547. The summed E-state index contributed by atoms with van der Waals surface area (Å²) >= 11 is 5.71. The topological polar surface area (TPSA) is 121 Å². The molecule has 0 radical (unpaired) electrons. The molecule has 9 nitrogen and oxygen atoms in total. The molecule has 0 spiro atoms. The van der Waals surface area contributed by atoms with Gasteiger partial charge in [-0.25, -0.2) is 18.7 Å².